The molecule has 3 heterocycles. The number of H-pyrrole nitrogens is 1. The van der Waals surface area contributed by atoms with E-state index in [0.717, 1.165) is 42.7 Å². The van der Waals surface area contributed by atoms with E-state index in [1.165, 1.54) is 0 Å². The number of hydrogen-bond donors (Lipinski definition) is 3. The number of morpholine rings is 1. The molecular weight excluding hydrogens is 336 g/mol. The summed E-state index contributed by atoms with van der Waals surface area (Å²) in [6.45, 7) is 4.51. The number of carboxylic acid groups (broad SMARTS) is 1. The molecule has 2 fully saturated rings. The van der Waals surface area contributed by atoms with Gasteiger partial charge in [0.2, 0.25) is 5.91 Å². The molecule has 2 aromatic rings. The molecule has 8 nitrogen and oxygen atoms in total. The number of ether oxygens (including phenoxy) is 1. The van der Waals surface area contributed by atoms with Crippen LogP contribution in [0, 0.1) is 0 Å². The summed E-state index contributed by atoms with van der Waals surface area (Å²) in [5.41, 5.74) is 1.78. The van der Waals surface area contributed by atoms with Gasteiger partial charge in [0, 0.05) is 30.6 Å². The van der Waals surface area contributed by atoms with Gasteiger partial charge in [0.15, 0.2) is 0 Å². The zero-order chi connectivity index (χ0) is 18.5. The van der Waals surface area contributed by atoms with Crippen LogP contribution in [-0.2, 0) is 20.7 Å². The van der Waals surface area contributed by atoms with E-state index in [9.17, 15) is 4.79 Å². The third-order valence-corrected chi connectivity index (χ3v) is 4.84. The van der Waals surface area contributed by atoms with Crippen molar-refractivity contribution in [1.82, 2.24) is 20.4 Å². The summed E-state index contributed by atoms with van der Waals surface area (Å²) in [7, 11) is 0. The van der Waals surface area contributed by atoms with Crippen molar-refractivity contribution in [3.63, 3.8) is 0 Å². The van der Waals surface area contributed by atoms with E-state index in [2.05, 4.69) is 27.3 Å². The molecule has 0 bridgehead atoms. The van der Waals surface area contributed by atoms with Crippen LogP contribution in [0.2, 0.25) is 0 Å². The highest BCUT2D eigenvalue weighted by atomic mass is 16.5. The molecule has 1 amide bonds. The van der Waals surface area contributed by atoms with Crippen LogP contribution in [-0.4, -0.2) is 70.5 Å². The summed E-state index contributed by atoms with van der Waals surface area (Å²) in [5, 5.41) is 18.3. The fourth-order valence-electron chi connectivity index (χ4n) is 3.73. The standard InChI is InChI=1S/C17H22N4O2.CH2O2/c1-11-8-21-9-12(6-13(21)10-23-11)18-17(22)7-16-14-4-2-3-5-15(14)19-20-16;2-1-3/h2-5,11-13H,6-10H2,1H3,(H,18,22)(H,19,20);1H,(H,2,3)/t11-,12-,13-;/m0./s1. The van der Waals surface area contributed by atoms with E-state index in [0.29, 0.717) is 12.5 Å². The number of fused-ring (bicyclic) bond motifs is 2. The number of para-hydroxylation sites is 1. The zero-order valence-electron chi connectivity index (χ0n) is 14.7. The molecule has 0 aliphatic carbocycles. The topological polar surface area (TPSA) is 108 Å². The lowest BCUT2D eigenvalue weighted by Crippen LogP contribution is -2.45. The number of amides is 1. The SMILES string of the molecule is C[C@H]1CN2C[C@@H](NC(=O)Cc3[nH]nc4ccccc34)C[C@H]2CO1.O=CO. The minimum Gasteiger partial charge on any atom is -0.483 e. The van der Waals surface area contributed by atoms with Gasteiger partial charge in [-0.3, -0.25) is 19.6 Å². The number of nitrogens with zero attached hydrogens (tertiary/aromatic N) is 2. The van der Waals surface area contributed by atoms with Crippen LogP contribution in [0.15, 0.2) is 24.3 Å². The highest BCUT2D eigenvalue weighted by Gasteiger charge is 2.36. The molecule has 3 N–H and O–H groups in total. The maximum atomic E-state index is 12.4. The smallest absolute Gasteiger partial charge is 0.290 e. The molecule has 140 valence electrons. The number of nitrogens with one attached hydrogen (secondary N) is 2. The van der Waals surface area contributed by atoms with Crippen molar-refractivity contribution < 1.29 is 19.4 Å². The molecular formula is C18H24N4O4. The Labute approximate surface area is 151 Å². The summed E-state index contributed by atoms with van der Waals surface area (Å²) in [4.78, 5) is 23.2. The van der Waals surface area contributed by atoms with Crippen LogP contribution < -0.4 is 5.32 Å². The third kappa shape index (κ3) is 4.20. The molecule has 0 radical (unpaired) electrons. The Morgan fingerprint density at radius 1 is 1.46 bits per heavy atom. The number of aromatic amines is 1. The lowest BCUT2D eigenvalue weighted by molar-refractivity contribution is -0.123. The van der Waals surface area contributed by atoms with Crippen molar-refractivity contribution >= 4 is 23.3 Å². The monoisotopic (exact) mass is 360 g/mol. The molecule has 4 rings (SSSR count). The second-order valence-electron chi connectivity index (χ2n) is 6.75. The Balaban J connectivity index is 0.000000613. The Morgan fingerprint density at radius 3 is 3.04 bits per heavy atom. The quantitative estimate of drug-likeness (QED) is 0.699. The first-order valence-electron chi connectivity index (χ1n) is 8.75. The maximum Gasteiger partial charge on any atom is 0.290 e. The summed E-state index contributed by atoms with van der Waals surface area (Å²) >= 11 is 0. The largest absolute Gasteiger partial charge is 0.483 e. The fourth-order valence-corrected chi connectivity index (χ4v) is 3.73. The maximum absolute atomic E-state index is 12.4. The zero-order valence-corrected chi connectivity index (χ0v) is 14.7. The van der Waals surface area contributed by atoms with Gasteiger partial charge >= 0.3 is 0 Å². The second-order valence-corrected chi connectivity index (χ2v) is 6.75. The lowest BCUT2D eigenvalue weighted by Gasteiger charge is -2.33. The van der Waals surface area contributed by atoms with E-state index < -0.39 is 0 Å². The van der Waals surface area contributed by atoms with E-state index >= 15 is 0 Å². The van der Waals surface area contributed by atoms with Gasteiger partial charge in [-0.05, 0) is 19.4 Å². The number of carbonyl (C=O) groups excluding carboxylic acids is 1. The van der Waals surface area contributed by atoms with Crippen molar-refractivity contribution in [2.75, 3.05) is 19.7 Å². The molecule has 2 aliphatic rings. The molecule has 1 aromatic heterocycles. The fraction of sp³-hybridized carbons (Fsp3) is 0.500. The van der Waals surface area contributed by atoms with Crippen molar-refractivity contribution in [2.24, 2.45) is 0 Å². The summed E-state index contributed by atoms with van der Waals surface area (Å²) < 4.78 is 5.71. The van der Waals surface area contributed by atoms with Crippen molar-refractivity contribution in [3.8, 4) is 0 Å². The Bertz CT molecular complexity index is 762. The number of hydrogen-bond acceptors (Lipinski definition) is 5. The average molecular weight is 360 g/mol. The van der Waals surface area contributed by atoms with Crippen LogP contribution >= 0.6 is 0 Å². The predicted molar refractivity (Wildman–Crippen MR) is 95.8 cm³/mol. The minimum absolute atomic E-state index is 0.0539. The molecule has 1 aromatic carbocycles. The van der Waals surface area contributed by atoms with Gasteiger partial charge in [-0.1, -0.05) is 18.2 Å². The van der Waals surface area contributed by atoms with Gasteiger partial charge in [-0.2, -0.15) is 5.10 Å². The van der Waals surface area contributed by atoms with Crippen LogP contribution in [0.5, 0.6) is 0 Å². The van der Waals surface area contributed by atoms with Crippen LogP contribution in [0.25, 0.3) is 10.9 Å². The van der Waals surface area contributed by atoms with E-state index in [1.807, 2.05) is 24.3 Å². The van der Waals surface area contributed by atoms with E-state index in [4.69, 9.17) is 14.6 Å². The first kappa shape index (κ1) is 18.3. The van der Waals surface area contributed by atoms with Crippen molar-refractivity contribution in [1.29, 1.82) is 0 Å². The predicted octanol–water partition coefficient (Wildman–Crippen LogP) is 0.784. The van der Waals surface area contributed by atoms with Gasteiger partial charge in [0.1, 0.15) is 0 Å². The van der Waals surface area contributed by atoms with Gasteiger partial charge < -0.3 is 15.2 Å². The highest BCUT2D eigenvalue weighted by Crippen LogP contribution is 2.23. The minimum atomic E-state index is -0.250. The average Bonchev–Trinajstić information content (AvgIpc) is 3.19. The summed E-state index contributed by atoms with van der Waals surface area (Å²) in [6.07, 6.45) is 1.61. The molecule has 2 saturated heterocycles. The molecule has 2 aliphatic heterocycles. The number of carbonyl (C=O) groups is 2. The molecule has 0 spiro atoms. The van der Waals surface area contributed by atoms with Crippen molar-refractivity contribution in [3.05, 3.63) is 30.0 Å². The van der Waals surface area contributed by atoms with Crippen molar-refractivity contribution in [2.45, 2.75) is 38.0 Å². The van der Waals surface area contributed by atoms with Gasteiger partial charge in [0.25, 0.3) is 6.47 Å². The normalized spacial score (nSPS) is 25.2. The first-order valence-corrected chi connectivity index (χ1v) is 8.75. The Hall–Kier alpha value is -2.45. The van der Waals surface area contributed by atoms with E-state index in [-0.39, 0.29) is 24.5 Å². The summed E-state index contributed by atoms with van der Waals surface area (Å²) in [6, 6.07) is 8.53. The highest BCUT2D eigenvalue weighted by molar-refractivity contribution is 5.87. The lowest BCUT2D eigenvalue weighted by atomic mass is 10.1. The Morgan fingerprint density at radius 2 is 2.23 bits per heavy atom. The molecule has 3 atom stereocenters. The van der Waals surface area contributed by atoms with Crippen LogP contribution in [0.4, 0.5) is 0 Å². The summed E-state index contributed by atoms with van der Waals surface area (Å²) in [5.74, 6) is 0.0539. The van der Waals surface area contributed by atoms with Gasteiger partial charge in [-0.15, -0.1) is 0 Å². The van der Waals surface area contributed by atoms with Gasteiger partial charge in [0.05, 0.1) is 30.3 Å². The van der Waals surface area contributed by atoms with Crippen LogP contribution in [0.3, 0.4) is 0 Å². The first-order chi connectivity index (χ1) is 12.6. The van der Waals surface area contributed by atoms with Gasteiger partial charge in [-0.25, -0.2) is 0 Å². The number of benzene rings is 1. The van der Waals surface area contributed by atoms with Crippen LogP contribution in [0.1, 0.15) is 19.0 Å². The molecule has 0 saturated carbocycles. The Kier molecular flexibility index (Phi) is 5.85. The number of aromatic nitrogens is 2. The third-order valence-electron chi connectivity index (χ3n) is 4.84. The molecule has 0 unspecified atom stereocenters. The molecule has 26 heavy (non-hydrogen) atoms. The molecule has 8 heteroatoms. The van der Waals surface area contributed by atoms with E-state index in [1.54, 1.807) is 0 Å². The number of rotatable bonds is 3. The second kappa shape index (κ2) is 8.29.